The molecule has 1 atom stereocenters. The zero-order chi connectivity index (χ0) is 13.1. The van der Waals surface area contributed by atoms with Crippen molar-refractivity contribution < 1.29 is 9.53 Å². The molecule has 1 aliphatic heterocycles. The number of hydrogen-bond acceptors (Lipinski definition) is 3. The molecule has 1 saturated heterocycles. The molecule has 0 aromatic heterocycles. The monoisotopic (exact) mass is 242 g/mol. The molecule has 1 fully saturated rings. The maximum atomic E-state index is 12.1. The summed E-state index contributed by atoms with van der Waals surface area (Å²) in [4.78, 5) is 14.0. The van der Waals surface area contributed by atoms with Crippen molar-refractivity contribution in [2.24, 2.45) is 11.7 Å². The summed E-state index contributed by atoms with van der Waals surface area (Å²) in [5.74, 6) is 0.798. The smallest absolute Gasteiger partial charge is 0.222 e. The van der Waals surface area contributed by atoms with Crippen LogP contribution in [0, 0.1) is 5.92 Å². The van der Waals surface area contributed by atoms with Crippen molar-refractivity contribution in [3.05, 3.63) is 0 Å². The van der Waals surface area contributed by atoms with Crippen LogP contribution in [0.25, 0.3) is 0 Å². The summed E-state index contributed by atoms with van der Waals surface area (Å²) in [5.41, 5.74) is 5.36. The molecule has 0 radical (unpaired) electrons. The van der Waals surface area contributed by atoms with E-state index < -0.39 is 0 Å². The highest BCUT2D eigenvalue weighted by molar-refractivity contribution is 5.76. The summed E-state index contributed by atoms with van der Waals surface area (Å²) in [6.07, 6.45) is 1.55. The van der Waals surface area contributed by atoms with Gasteiger partial charge in [-0.1, -0.05) is 13.8 Å². The van der Waals surface area contributed by atoms with E-state index in [2.05, 4.69) is 13.8 Å². The van der Waals surface area contributed by atoms with Gasteiger partial charge in [0, 0.05) is 26.1 Å². The fourth-order valence-corrected chi connectivity index (χ4v) is 2.18. The van der Waals surface area contributed by atoms with Crippen LogP contribution >= 0.6 is 0 Å². The molecule has 17 heavy (non-hydrogen) atoms. The van der Waals surface area contributed by atoms with Crippen molar-refractivity contribution in [2.75, 3.05) is 19.6 Å². The molecule has 1 heterocycles. The maximum Gasteiger partial charge on any atom is 0.222 e. The Morgan fingerprint density at radius 2 is 2.18 bits per heavy atom. The molecule has 1 amide bonds. The number of nitrogens with two attached hydrogens (primary N) is 1. The lowest BCUT2D eigenvalue weighted by Gasteiger charge is -2.42. The number of ether oxygens (including phenoxy) is 1. The van der Waals surface area contributed by atoms with Gasteiger partial charge in [-0.05, 0) is 26.2 Å². The van der Waals surface area contributed by atoms with Gasteiger partial charge in [-0.25, -0.2) is 0 Å². The fourth-order valence-electron chi connectivity index (χ4n) is 2.18. The number of rotatable bonds is 4. The molecule has 1 rings (SSSR count). The first-order valence-corrected chi connectivity index (χ1v) is 6.49. The summed E-state index contributed by atoms with van der Waals surface area (Å²) < 4.78 is 5.81. The van der Waals surface area contributed by atoms with E-state index >= 15 is 0 Å². The van der Waals surface area contributed by atoms with Crippen LogP contribution in [0.5, 0.6) is 0 Å². The summed E-state index contributed by atoms with van der Waals surface area (Å²) >= 11 is 0. The predicted molar refractivity (Wildman–Crippen MR) is 68.7 cm³/mol. The van der Waals surface area contributed by atoms with E-state index in [4.69, 9.17) is 10.5 Å². The fraction of sp³-hybridized carbons (Fsp3) is 0.923. The minimum Gasteiger partial charge on any atom is -0.367 e. The highest BCUT2D eigenvalue weighted by atomic mass is 16.5. The molecule has 0 aromatic rings. The molecular formula is C13H26N2O2. The van der Waals surface area contributed by atoms with E-state index in [1.165, 1.54) is 0 Å². The Bertz CT molecular complexity index is 264. The molecule has 0 saturated carbocycles. The zero-order valence-electron chi connectivity index (χ0n) is 11.5. The van der Waals surface area contributed by atoms with Gasteiger partial charge in [0.1, 0.15) is 0 Å². The van der Waals surface area contributed by atoms with Crippen LogP contribution in [0.15, 0.2) is 0 Å². The molecule has 4 heteroatoms. The Morgan fingerprint density at radius 3 is 2.71 bits per heavy atom. The first kappa shape index (κ1) is 14.5. The van der Waals surface area contributed by atoms with Crippen LogP contribution in [0.3, 0.4) is 0 Å². The predicted octanol–water partition coefficient (Wildman–Crippen LogP) is 1.39. The van der Waals surface area contributed by atoms with E-state index in [0.29, 0.717) is 32.0 Å². The van der Waals surface area contributed by atoms with E-state index in [9.17, 15) is 4.79 Å². The molecule has 2 N–H and O–H groups in total. The largest absolute Gasteiger partial charge is 0.367 e. The summed E-state index contributed by atoms with van der Waals surface area (Å²) in [5, 5.41) is 0. The Labute approximate surface area is 104 Å². The second-order valence-corrected chi connectivity index (χ2v) is 5.94. The average Bonchev–Trinajstić information content (AvgIpc) is 2.23. The average molecular weight is 242 g/mol. The van der Waals surface area contributed by atoms with Gasteiger partial charge in [0.25, 0.3) is 0 Å². The molecule has 0 aromatic carbocycles. The Morgan fingerprint density at radius 1 is 1.53 bits per heavy atom. The Kier molecular flexibility index (Phi) is 4.95. The lowest BCUT2D eigenvalue weighted by atomic mass is 10.0. The minimum absolute atomic E-state index is 0.0262. The summed E-state index contributed by atoms with van der Waals surface area (Å²) in [6, 6.07) is 0. The molecule has 1 unspecified atom stereocenters. The quantitative estimate of drug-likeness (QED) is 0.810. The van der Waals surface area contributed by atoms with Crippen molar-refractivity contribution in [1.29, 1.82) is 0 Å². The van der Waals surface area contributed by atoms with Gasteiger partial charge in [0.05, 0.1) is 11.7 Å². The van der Waals surface area contributed by atoms with Crippen molar-refractivity contribution >= 4 is 5.91 Å². The van der Waals surface area contributed by atoms with Gasteiger partial charge in [-0.2, -0.15) is 0 Å². The van der Waals surface area contributed by atoms with Crippen molar-refractivity contribution in [3.63, 3.8) is 0 Å². The number of nitrogens with zero attached hydrogens (tertiary/aromatic N) is 1. The van der Waals surface area contributed by atoms with Crippen molar-refractivity contribution in [1.82, 2.24) is 4.90 Å². The van der Waals surface area contributed by atoms with Crippen LogP contribution in [0.2, 0.25) is 0 Å². The molecule has 1 aliphatic rings. The van der Waals surface area contributed by atoms with Crippen LogP contribution < -0.4 is 5.73 Å². The van der Waals surface area contributed by atoms with E-state index in [1.807, 2.05) is 18.7 Å². The van der Waals surface area contributed by atoms with E-state index in [0.717, 1.165) is 6.42 Å². The first-order valence-electron chi connectivity index (χ1n) is 6.49. The third kappa shape index (κ3) is 4.64. The number of hydrogen-bond donors (Lipinski definition) is 1. The van der Waals surface area contributed by atoms with Crippen molar-refractivity contribution in [2.45, 2.75) is 52.2 Å². The number of amides is 1. The Hall–Kier alpha value is -0.610. The first-order chi connectivity index (χ1) is 7.84. The van der Waals surface area contributed by atoms with Gasteiger partial charge >= 0.3 is 0 Å². The van der Waals surface area contributed by atoms with Crippen LogP contribution in [-0.2, 0) is 9.53 Å². The van der Waals surface area contributed by atoms with Gasteiger partial charge in [-0.3, -0.25) is 4.79 Å². The number of carbonyl (C=O) groups is 1. The second-order valence-electron chi connectivity index (χ2n) is 5.94. The summed E-state index contributed by atoms with van der Waals surface area (Å²) in [7, 11) is 0. The molecule has 0 spiro atoms. The topological polar surface area (TPSA) is 55.6 Å². The lowest BCUT2D eigenvalue weighted by molar-refractivity contribution is -0.159. The number of carbonyl (C=O) groups excluding carboxylic acids is 1. The molecular weight excluding hydrogens is 216 g/mol. The number of morpholine rings is 1. The molecule has 0 aliphatic carbocycles. The molecule has 100 valence electrons. The van der Waals surface area contributed by atoms with Crippen LogP contribution in [-0.4, -0.2) is 42.1 Å². The Balaban J connectivity index is 2.54. The molecule has 4 nitrogen and oxygen atoms in total. The third-order valence-corrected chi connectivity index (χ3v) is 3.03. The van der Waals surface area contributed by atoms with Gasteiger partial charge in [0.15, 0.2) is 0 Å². The SMILES string of the molecule is CC(C)CCC(=O)N1CC(CN)OC(C)(C)C1. The standard InChI is InChI=1S/C13H26N2O2/c1-10(2)5-6-12(16)15-8-11(7-14)17-13(3,4)9-15/h10-11H,5-9,14H2,1-4H3. The van der Waals surface area contributed by atoms with Crippen LogP contribution in [0.1, 0.15) is 40.5 Å². The van der Waals surface area contributed by atoms with Crippen molar-refractivity contribution in [3.8, 4) is 0 Å². The highest BCUT2D eigenvalue weighted by Crippen LogP contribution is 2.21. The minimum atomic E-state index is -0.282. The normalized spacial score (nSPS) is 24.1. The van der Waals surface area contributed by atoms with Gasteiger partial charge in [0.2, 0.25) is 5.91 Å². The van der Waals surface area contributed by atoms with Gasteiger partial charge < -0.3 is 15.4 Å². The summed E-state index contributed by atoms with van der Waals surface area (Å²) in [6.45, 7) is 10.1. The van der Waals surface area contributed by atoms with E-state index in [1.54, 1.807) is 0 Å². The van der Waals surface area contributed by atoms with E-state index in [-0.39, 0.29) is 17.6 Å². The second kappa shape index (κ2) is 5.83. The maximum absolute atomic E-state index is 12.1. The van der Waals surface area contributed by atoms with Gasteiger partial charge in [-0.15, -0.1) is 0 Å². The third-order valence-electron chi connectivity index (χ3n) is 3.03. The molecule has 0 bridgehead atoms. The lowest BCUT2D eigenvalue weighted by Crippen LogP contribution is -2.56. The van der Waals surface area contributed by atoms with Crippen LogP contribution in [0.4, 0.5) is 0 Å². The highest BCUT2D eigenvalue weighted by Gasteiger charge is 2.34. The zero-order valence-corrected chi connectivity index (χ0v) is 11.5.